The molecule has 0 aliphatic heterocycles. The van der Waals surface area contributed by atoms with E-state index in [2.05, 4.69) is 35.0 Å². The first-order valence-electron chi connectivity index (χ1n) is 10.9. The molecule has 162 valence electrons. The Morgan fingerprint density at radius 1 is 1.07 bits per heavy atom. The lowest BCUT2D eigenvalue weighted by Crippen LogP contribution is -2.05. The van der Waals surface area contributed by atoms with Crippen LogP contribution in [0.3, 0.4) is 0 Å². The van der Waals surface area contributed by atoms with Crippen molar-refractivity contribution in [2.75, 3.05) is 7.11 Å². The number of benzene rings is 1. The summed E-state index contributed by atoms with van der Waals surface area (Å²) in [5.74, 6) is -0.225. The molecule has 0 saturated heterocycles. The van der Waals surface area contributed by atoms with Gasteiger partial charge in [0.15, 0.2) is 5.78 Å². The normalized spacial score (nSPS) is 11.2. The van der Waals surface area contributed by atoms with E-state index in [0.717, 1.165) is 23.1 Å². The fourth-order valence-corrected chi connectivity index (χ4v) is 3.41. The highest BCUT2D eigenvalue weighted by Crippen LogP contribution is 2.25. The first-order chi connectivity index (χ1) is 14.5. The first-order valence-corrected chi connectivity index (χ1v) is 10.9. The standard InChI is InChI=1S/C25H34N2O3/c1-4-5-6-7-8-9-10-12-21-17-20(22-18-26-27(2)19-22)15-16-23(21)24(28)13-11-14-25(29)30-3/h10,12,15-19H,4-9,11,13-14H2,1-3H3/b12-10+. The number of carbonyl (C=O) groups excluding carboxylic acids is 2. The zero-order valence-electron chi connectivity index (χ0n) is 18.5. The van der Waals surface area contributed by atoms with Crippen molar-refractivity contribution in [3.63, 3.8) is 0 Å². The maximum atomic E-state index is 12.8. The molecule has 0 aliphatic rings. The second-order valence-electron chi connectivity index (χ2n) is 7.66. The second-order valence-corrected chi connectivity index (χ2v) is 7.66. The number of esters is 1. The largest absolute Gasteiger partial charge is 0.469 e. The third-order valence-corrected chi connectivity index (χ3v) is 5.17. The first kappa shape index (κ1) is 23.6. The van der Waals surface area contributed by atoms with Gasteiger partial charge in [0.05, 0.1) is 13.3 Å². The number of Topliss-reactive ketones (excluding diaryl/α,β-unsaturated/α-hetero) is 1. The summed E-state index contributed by atoms with van der Waals surface area (Å²) in [6.07, 6.45) is 16.4. The van der Waals surface area contributed by atoms with Gasteiger partial charge in [0.1, 0.15) is 0 Å². The van der Waals surface area contributed by atoms with E-state index in [1.165, 1.54) is 39.2 Å². The Morgan fingerprint density at radius 3 is 2.57 bits per heavy atom. The van der Waals surface area contributed by atoms with Crippen molar-refractivity contribution in [2.24, 2.45) is 7.05 Å². The highest BCUT2D eigenvalue weighted by molar-refractivity contribution is 6.00. The van der Waals surface area contributed by atoms with E-state index in [9.17, 15) is 9.59 Å². The minimum absolute atomic E-state index is 0.0548. The highest BCUT2D eigenvalue weighted by atomic mass is 16.5. The van der Waals surface area contributed by atoms with Gasteiger partial charge in [-0.2, -0.15) is 5.10 Å². The van der Waals surface area contributed by atoms with Gasteiger partial charge in [-0.25, -0.2) is 0 Å². The van der Waals surface area contributed by atoms with E-state index >= 15 is 0 Å². The zero-order chi connectivity index (χ0) is 21.8. The molecule has 0 bridgehead atoms. The third kappa shape index (κ3) is 7.62. The van der Waals surface area contributed by atoms with Crippen LogP contribution in [0.4, 0.5) is 0 Å². The van der Waals surface area contributed by atoms with Gasteiger partial charge in [0, 0.05) is 37.2 Å². The molecule has 0 atom stereocenters. The van der Waals surface area contributed by atoms with E-state index in [1.807, 2.05) is 31.6 Å². The SMILES string of the molecule is CCCCCCC/C=C/c1cc(-c2cnn(C)c2)ccc1C(=O)CCCC(=O)OC. The number of allylic oxidation sites excluding steroid dienone is 1. The Balaban J connectivity index is 2.11. The molecule has 0 aliphatic carbocycles. The monoisotopic (exact) mass is 410 g/mol. The summed E-state index contributed by atoms with van der Waals surface area (Å²) < 4.78 is 6.43. The Labute approximate surface area is 180 Å². The van der Waals surface area contributed by atoms with Gasteiger partial charge in [0.25, 0.3) is 0 Å². The molecule has 2 aromatic rings. The summed E-state index contributed by atoms with van der Waals surface area (Å²) in [4.78, 5) is 24.1. The van der Waals surface area contributed by atoms with E-state index < -0.39 is 0 Å². The molecule has 0 fully saturated rings. The highest BCUT2D eigenvalue weighted by Gasteiger charge is 2.13. The van der Waals surface area contributed by atoms with Gasteiger partial charge in [-0.3, -0.25) is 14.3 Å². The molecule has 0 N–H and O–H groups in total. The number of ether oxygens (including phenoxy) is 1. The van der Waals surface area contributed by atoms with Crippen LogP contribution < -0.4 is 0 Å². The summed E-state index contributed by atoms with van der Waals surface area (Å²) in [6, 6.07) is 5.91. The van der Waals surface area contributed by atoms with Crippen molar-refractivity contribution in [1.82, 2.24) is 9.78 Å². The third-order valence-electron chi connectivity index (χ3n) is 5.17. The van der Waals surface area contributed by atoms with Gasteiger partial charge in [-0.15, -0.1) is 0 Å². The minimum atomic E-state index is -0.280. The number of aryl methyl sites for hydroxylation is 1. The predicted molar refractivity (Wildman–Crippen MR) is 121 cm³/mol. The molecule has 5 heteroatoms. The number of hydrogen-bond donors (Lipinski definition) is 0. The van der Waals surface area contributed by atoms with Crippen LogP contribution in [-0.2, 0) is 16.6 Å². The van der Waals surface area contributed by atoms with Crippen LogP contribution in [0.5, 0.6) is 0 Å². The van der Waals surface area contributed by atoms with Crippen molar-refractivity contribution in [3.8, 4) is 11.1 Å². The molecule has 0 spiro atoms. The fraction of sp³-hybridized carbons (Fsp3) is 0.480. The van der Waals surface area contributed by atoms with Crippen molar-refractivity contribution in [2.45, 2.75) is 64.7 Å². The van der Waals surface area contributed by atoms with Gasteiger partial charge < -0.3 is 4.74 Å². The van der Waals surface area contributed by atoms with Crippen LogP contribution in [0.2, 0.25) is 0 Å². The maximum Gasteiger partial charge on any atom is 0.305 e. The van der Waals surface area contributed by atoms with Crippen molar-refractivity contribution >= 4 is 17.8 Å². The van der Waals surface area contributed by atoms with Crippen molar-refractivity contribution in [1.29, 1.82) is 0 Å². The lowest BCUT2D eigenvalue weighted by Gasteiger charge is -2.08. The van der Waals surface area contributed by atoms with Gasteiger partial charge >= 0.3 is 5.97 Å². The van der Waals surface area contributed by atoms with Crippen molar-refractivity contribution in [3.05, 3.63) is 47.8 Å². The van der Waals surface area contributed by atoms with Crippen LogP contribution in [0.15, 0.2) is 36.7 Å². The van der Waals surface area contributed by atoms with Crippen LogP contribution in [0, 0.1) is 0 Å². The Morgan fingerprint density at radius 2 is 1.87 bits per heavy atom. The molecule has 0 radical (unpaired) electrons. The molecule has 0 unspecified atom stereocenters. The second kappa shape index (κ2) is 12.8. The van der Waals surface area contributed by atoms with Crippen LogP contribution in [0.25, 0.3) is 17.2 Å². The number of nitrogens with zero attached hydrogens (tertiary/aromatic N) is 2. The maximum absolute atomic E-state index is 12.8. The number of hydrogen-bond acceptors (Lipinski definition) is 4. The lowest BCUT2D eigenvalue weighted by atomic mass is 9.95. The minimum Gasteiger partial charge on any atom is -0.469 e. The van der Waals surface area contributed by atoms with E-state index in [4.69, 9.17) is 0 Å². The summed E-state index contributed by atoms with van der Waals surface area (Å²) in [5, 5.41) is 4.24. The van der Waals surface area contributed by atoms with E-state index in [-0.39, 0.29) is 18.2 Å². The fourth-order valence-electron chi connectivity index (χ4n) is 3.41. The molecule has 2 rings (SSSR count). The number of unbranched alkanes of at least 4 members (excludes halogenated alkanes) is 5. The smallest absolute Gasteiger partial charge is 0.305 e. The summed E-state index contributed by atoms with van der Waals surface area (Å²) in [5.41, 5.74) is 3.69. The molecule has 30 heavy (non-hydrogen) atoms. The molecular weight excluding hydrogens is 376 g/mol. The summed E-state index contributed by atoms with van der Waals surface area (Å²) in [7, 11) is 3.26. The summed E-state index contributed by atoms with van der Waals surface area (Å²) in [6.45, 7) is 2.22. The summed E-state index contributed by atoms with van der Waals surface area (Å²) >= 11 is 0. The number of methoxy groups -OCH3 is 1. The van der Waals surface area contributed by atoms with Crippen molar-refractivity contribution < 1.29 is 14.3 Å². The lowest BCUT2D eigenvalue weighted by molar-refractivity contribution is -0.140. The quantitative estimate of drug-likeness (QED) is 0.231. The van der Waals surface area contributed by atoms with E-state index in [1.54, 1.807) is 4.68 Å². The Kier molecular flexibility index (Phi) is 10.1. The Hall–Kier alpha value is -2.69. The molecule has 5 nitrogen and oxygen atoms in total. The van der Waals surface area contributed by atoms with E-state index in [0.29, 0.717) is 18.4 Å². The van der Waals surface area contributed by atoms with Gasteiger partial charge in [0.2, 0.25) is 0 Å². The van der Waals surface area contributed by atoms with Crippen LogP contribution in [-0.4, -0.2) is 28.6 Å². The number of ketones is 1. The number of carbonyl (C=O) groups is 2. The molecule has 0 amide bonds. The predicted octanol–water partition coefficient (Wildman–Crippen LogP) is 5.99. The zero-order valence-corrected chi connectivity index (χ0v) is 18.5. The van der Waals surface area contributed by atoms with Gasteiger partial charge in [-0.05, 0) is 36.5 Å². The number of rotatable bonds is 13. The average molecular weight is 411 g/mol. The molecule has 1 aromatic carbocycles. The Bertz CT molecular complexity index is 852. The average Bonchev–Trinajstić information content (AvgIpc) is 3.19. The topological polar surface area (TPSA) is 61.2 Å². The molecule has 1 aromatic heterocycles. The molecule has 1 heterocycles. The van der Waals surface area contributed by atoms with Gasteiger partial charge in [-0.1, -0.05) is 56.9 Å². The molecule has 0 saturated carbocycles. The molecular formula is C25H34N2O3. The number of aromatic nitrogens is 2. The van der Waals surface area contributed by atoms with Crippen LogP contribution in [0.1, 0.15) is 80.6 Å². The van der Waals surface area contributed by atoms with Crippen LogP contribution >= 0.6 is 0 Å².